The average Bonchev–Trinajstić information content (AvgIpc) is 1.89. The zero-order valence-electron chi connectivity index (χ0n) is 5.60. The van der Waals surface area contributed by atoms with Crippen LogP contribution in [0.4, 0.5) is 0 Å². The quantitative estimate of drug-likeness (QED) is 0.420. The molecule has 0 atom stereocenters. The van der Waals surface area contributed by atoms with E-state index in [1.807, 2.05) is 25.2 Å². The van der Waals surface area contributed by atoms with E-state index in [4.69, 9.17) is 11.6 Å². The minimum atomic E-state index is 0.570. The molecule has 0 aromatic rings. The van der Waals surface area contributed by atoms with Crippen LogP contribution in [0.25, 0.3) is 0 Å². The lowest BCUT2D eigenvalue weighted by molar-refractivity contribution is 1.53. The van der Waals surface area contributed by atoms with E-state index in [1.54, 1.807) is 6.08 Å². The van der Waals surface area contributed by atoms with Gasteiger partial charge in [-0.3, -0.25) is 0 Å². The molecule has 0 bridgehead atoms. The molecule has 0 heterocycles. The van der Waals surface area contributed by atoms with Crippen molar-refractivity contribution in [3.63, 3.8) is 0 Å². The summed E-state index contributed by atoms with van der Waals surface area (Å²) >= 11 is 5.39. The number of allylic oxidation sites excluding steroid dienone is 5. The first-order chi connectivity index (χ1) is 4.31. The Kier molecular flexibility index (Phi) is 5.34. The molecule has 0 aromatic carbocycles. The third kappa shape index (κ3) is 5.38. The van der Waals surface area contributed by atoms with Gasteiger partial charge in [-0.2, -0.15) is 0 Å². The molecule has 0 aliphatic rings. The molecule has 0 fully saturated rings. The van der Waals surface area contributed by atoms with Gasteiger partial charge in [0.1, 0.15) is 0 Å². The normalized spacial score (nSPS) is 12.4. The zero-order chi connectivity index (χ0) is 7.11. The van der Waals surface area contributed by atoms with Crippen LogP contribution >= 0.6 is 11.6 Å². The van der Waals surface area contributed by atoms with E-state index in [-0.39, 0.29) is 0 Å². The van der Waals surface area contributed by atoms with Gasteiger partial charge in [0.2, 0.25) is 0 Å². The maximum Gasteiger partial charge on any atom is 0.0407 e. The van der Waals surface area contributed by atoms with E-state index in [0.717, 1.165) is 5.57 Å². The number of hydrogen-bond donors (Lipinski definition) is 0. The molecule has 0 nitrogen and oxygen atoms in total. The summed E-state index contributed by atoms with van der Waals surface area (Å²) < 4.78 is 0. The van der Waals surface area contributed by atoms with Gasteiger partial charge in [-0.05, 0) is 6.92 Å². The van der Waals surface area contributed by atoms with Gasteiger partial charge in [-0.15, -0.1) is 11.6 Å². The van der Waals surface area contributed by atoms with E-state index >= 15 is 0 Å². The molecule has 0 aliphatic heterocycles. The molecule has 0 unspecified atom stereocenters. The highest BCUT2D eigenvalue weighted by Crippen LogP contribution is 1.92. The van der Waals surface area contributed by atoms with E-state index in [0.29, 0.717) is 5.88 Å². The summed E-state index contributed by atoms with van der Waals surface area (Å²) in [5.41, 5.74) is 1.15. The zero-order valence-corrected chi connectivity index (χ0v) is 6.36. The van der Waals surface area contributed by atoms with Gasteiger partial charge in [0.25, 0.3) is 0 Å². The van der Waals surface area contributed by atoms with E-state index in [9.17, 15) is 0 Å². The Labute approximate surface area is 61.5 Å². The number of rotatable bonds is 3. The lowest BCUT2D eigenvalue weighted by atomic mass is 10.3. The second-order valence-electron chi connectivity index (χ2n) is 1.70. The molecule has 0 saturated carbocycles. The standard InChI is InChI=1S/C8H11Cl/c1-3-8(2)6-4-5-7-9/h3-6H,1,7H2,2H3/b5-4-,8-6-. The van der Waals surface area contributed by atoms with Crippen LogP contribution in [0.3, 0.4) is 0 Å². The Hall–Kier alpha value is -0.490. The largest absolute Gasteiger partial charge is 0.122 e. The second-order valence-corrected chi connectivity index (χ2v) is 2.01. The molecule has 0 N–H and O–H groups in total. The molecule has 0 amide bonds. The molecule has 0 aliphatic carbocycles. The van der Waals surface area contributed by atoms with Gasteiger partial charge in [-0.25, -0.2) is 0 Å². The summed E-state index contributed by atoms with van der Waals surface area (Å²) in [5, 5.41) is 0. The maximum atomic E-state index is 5.39. The third-order valence-electron chi connectivity index (χ3n) is 0.906. The van der Waals surface area contributed by atoms with Crippen LogP contribution in [0.2, 0.25) is 0 Å². The summed E-state index contributed by atoms with van der Waals surface area (Å²) in [7, 11) is 0. The molecule has 0 aromatic heterocycles. The fraction of sp³-hybridized carbons (Fsp3) is 0.250. The van der Waals surface area contributed by atoms with Crippen molar-refractivity contribution in [2.75, 3.05) is 5.88 Å². The SMILES string of the molecule is C=C/C(C)=C\C=C/CCl. The maximum absolute atomic E-state index is 5.39. The second kappa shape index (κ2) is 5.64. The molecule has 50 valence electrons. The van der Waals surface area contributed by atoms with Crippen molar-refractivity contribution in [2.45, 2.75) is 6.92 Å². The first kappa shape index (κ1) is 8.51. The van der Waals surface area contributed by atoms with Crippen molar-refractivity contribution < 1.29 is 0 Å². The van der Waals surface area contributed by atoms with Gasteiger partial charge in [0.15, 0.2) is 0 Å². The highest BCUT2D eigenvalue weighted by molar-refractivity contribution is 6.18. The van der Waals surface area contributed by atoms with Crippen molar-refractivity contribution in [1.82, 2.24) is 0 Å². The Balaban J connectivity index is 3.68. The van der Waals surface area contributed by atoms with Crippen LogP contribution in [-0.2, 0) is 0 Å². The molecule has 0 radical (unpaired) electrons. The van der Waals surface area contributed by atoms with E-state index in [1.165, 1.54) is 0 Å². The molecule has 1 heteroatoms. The Morgan fingerprint density at radius 2 is 2.33 bits per heavy atom. The van der Waals surface area contributed by atoms with Gasteiger partial charge >= 0.3 is 0 Å². The summed E-state index contributed by atoms with van der Waals surface area (Å²) in [5.74, 6) is 0.570. The molecule has 0 spiro atoms. The van der Waals surface area contributed by atoms with Gasteiger partial charge in [-0.1, -0.05) is 36.5 Å². The van der Waals surface area contributed by atoms with Crippen molar-refractivity contribution in [2.24, 2.45) is 0 Å². The van der Waals surface area contributed by atoms with Crippen LogP contribution in [0.5, 0.6) is 0 Å². The third-order valence-corrected chi connectivity index (χ3v) is 1.08. The molecule has 0 saturated heterocycles. The predicted octanol–water partition coefficient (Wildman–Crippen LogP) is 2.91. The predicted molar refractivity (Wildman–Crippen MR) is 43.8 cm³/mol. The highest BCUT2D eigenvalue weighted by atomic mass is 35.5. The molecule has 9 heavy (non-hydrogen) atoms. The van der Waals surface area contributed by atoms with Crippen LogP contribution in [0.1, 0.15) is 6.92 Å². The lowest BCUT2D eigenvalue weighted by Crippen LogP contribution is -1.63. The summed E-state index contributed by atoms with van der Waals surface area (Å²) in [6.45, 7) is 5.60. The van der Waals surface area contributed by atoms with Crippen LogP contribution in [0, 0.1) is 0 Å². The monoisotopic (exact) mass is 142 g/mol. The Morgan fingerprint density at radius 3 is 2.78 bits per heavy atom. The number of alkyl halides is 1. The van der Waals surface area contributed by atoms with E-state index < -0.39 is 0 Å². The minimum absolute atomic E-state index is 0.570. The van der Waals surface area contributed by atoms with Crippen molar-refractivity contribution in [3.8, 4) is 0 Å². The van der Waals surface area contributed by atoms with E-state index in [2.05, 4.69) is 6.58 Å². The first-order valence-corrected chi connectivity index (χ1v) is 3.36. The molecular weight excluding hydrogens is 132 g/mol. The van der Waals surface area contributed by atoms with Crippen molar-refractivity contribution in [3.05, 3.63) is 36.5 Å². The Morgan fingerprint density at radius 1 is 1.67 bits per heavy atom. The fourth-order valence-electron chi connectivity index (χ4n) is 0.339. The van der Waals surface area contributed by atoms with Crippen molar-refractivity contribution >= 4 is 11.6 Å². The topological polar surface area (TPSA) is 0 Å². The Bertz CT molecular complexity index is 132. The van der Waals surface area contributed by atoms with Gasteiger partial charge in [0.05, 0.1) is 0 Å². The minimum Gasteiger partial charge on any atom is -0.122 e. The fourth-order valence-corrected chi connectivity index (χ4v) is 0.442. The lowest BCUT2D eigenvalue weighted by Gasteiger charge is -1.82. The van der Waals surface area contributed by atoms with Crippen LogP contribution in [0.15, 0.2) is 36.5 Å². The number of halogens is 1. The summed E-state index contributed by atoms with van der Waals surface area (Å²) in [4.78, 5) is 0. The van der Waals surface area contributed by atoms with Crippen LogP contribution < -0.4 is 0 Å². The first-order valence-electron chi connectivity index (χ1n) is 2.83. The van der Waals surface area contributed by atoms with Crippen LogP contribution in [-0.4, -0.2) is 5.88 Å². The summed E-state index contributed by atoms with van der Waals surface area (Å²) in [6.07, 6.45) is 7.58. The smallest absolute Gasteiger partial charge is 0.0407 e. The van der Waals surface area contributed by atoms with Crippen molar-refractivity contribution in [1.29, 1.82) is 0 Å². The number of hydrogen-bond acceptors (Lipinski definition) is 0. The highest BCUT2D eigenvalue weighted by Gasteiger charge is 1.72. The molecular formula is C8H11Cl. The average molecular weight is 143 g/mol. The molecule has 0 rings (SSSR count). The summed E-state index contributed by atoms with van der Waals surface area (Å²) in [6, 6.07) is 0. The van der Waals surface area contributed by atoms with Gasteiger partial charge < -0.3 is 0 Å². The van der Waals surface area contributed by atoms with Gasteiger partial charge in [0, 0.05) is 5.88 Å².